The zero-order chi connectivity index (χ0) is 8.27. The first-order valence-corrected chi connectivity index (χ1v) is 3.47. The summed E-state index contributed by atoms with van der Waals surface area (Å²) in [5.41, 5.74) is 0. The van der Waals surface area contributed by atoms with Crippen LogP contribution in [0.1, 0.15) is 12.7 Å². The normalized spacial score (nSPS) is 13.0. The van der Waals surface area contributed by atoms with Crippen LogP contribution in [0, 0.1) is 6.92 Å². The molecule has 1 unspecified atom stereocenters. The minimum Gasteiger partial charge on any atom is -0.466 e. The lowest BCUT2D eigenvalue weighted by molar-refractivity contribution is -0.0391. The molecule has 1 aromatic rings. The number of furan rings is 1. The van der Waals surface area contributed by atoms with Crippen LogP contribution in [0.25, 0.3) is 0 Å². The van der Waals surface area contributed by atoms with Crippen LogP contribution in [0.15, 0.2) is 16.7 Å². The van der Waals surface area contributed by atoms with E-state index in [9.17, 15) is 0 Å². The molecule has 0 saturated carbocycles. The van der Waals surface area contributed by atoms with Gasteiger partial charge in [-0.15, -0.1) is 0 Å². The molecule has 1 atom stereocenters. The molecule has 1 rings (SSSR count). The predicted octanol–water partition coefficient (Wildman–Crippen LogP) is 1.96. The van der Waals surface area contributed by atoms with E-state index in [-0.39, 0.29) is 6.29 Å². The minimum atomic E-state index is -0.230. The molecule has 11 heavy (non-hydrogen) atoms. The Kier molecular flexibility index (Phi) is 2.54. The van der Waals surface area contributed by atoms with Gasteiger partial charge in [0.15, 0.2) is 12.0 Å². The highest BCUT2D eigenvalue weighted by Gasteiger charge is 2.05. The Morgan fingerprint density at radius 3 is 2.73 bits per heavy atom. The first kappa shape index (κ1) is 8.14. The van der Waals surface area contributed by atoms with E-state index in [1.165, 1.54) is 0 Å². The van der Waals surface area contributed by atoms with Gasteiger partial charge in [-0.3, -0.25) is 0 Å². The molecular formula is C8H12O3. The maximum absolute atomic E-state index is 5.32. The van der Waals surface area contributed by atoms with Gasteiger partial charge in [-0.1, -0.05) is 0 Å². The summed E-state index contributed by atoms with van der Waals surface area (Å²) in [6.45, 7) is 3.67. The van der Waals surface area contributed by atoms with Crippen LogP contribution in [0.4, 0.5) is 0 Å². The van der Waals surface area contributed by atoms with Gasteiger partial charge in [0.2, 0.25) is 0 Å². The molecule has 0 saturated heterocycles. The van der Waals surface area contributed by atoms with Crippen molar-refractivity contribution in [1.29, 1.82) is 0 Å². The van der Waals surface area contributed by atoms with Crippen LogP contribution >= 0.6 is 0 Å². The number of hydrogen-bond acceptors (Lipinski definition) is 3. The number of methoxy groups -OCH3 is 1. The van der Waals surface area contributed by atoms with E-state index < -0.39 is 0 Å². The molecule has 0 fully saturated rings. The summed E-state index contributed by atoms with van der Waals surface area (Å²) in [5, 5.41) is 0. The second kappa shape index (κ2) is 3.44. The quantitative estimate of drug-likeness (QED) is 0.627. The molecule has 0 aromatic carbocycles. The molecule has 1 aromatic heterocycles. The second-order valence-corrected chi connectivity index (χ2v) is 2.26. The molecular weight excluding hydrogens is 144 g/mol. The lowest BCUT2D eigenvalue weighted by Gasteiger charge is -2.10. The standard InChI is InChI=1S/C8H12O3/c1-6-8(4-5-10-6)11-7(2)9-3/h4-5,7H,1-3H3. The Morgan fingerprint density at radius 2 is 2.27 bits per heavy atom. The summed E-state index contributed by atoms with van der Waals surface area (Å²) >= 11 is 0. The first-order valence-electron chi connectivity index (χ1n) is 3.47. The zero-order valence-corrected chi connectivity index (χ0v) is 6.96. The molecule has 1 heterocycles. The molecule has 3 nitrogen and oxygen atoms in total. The molecule has 0 aliphatic rings. The summed E-state index contributed by atoms with van der Waals surface area (Å²) in [4.78, 5) is 0. The van der Waals surface area contributed by atoms with Gasteiger partial charge in [-0.2, -0.15) is 0 Å². The van der Waals surface area contributed by atoms with Crippen molar-refractivity contribution in [3.63, 3.8) is 0 Å². The number of rotatable bonds is 3. The van der Waals surface area contributed by atoms with Gasteiger partial charge in [0.25, 0.3) is 0 Å². The van der Waals surface area contributed by atoms with Crippen molar-refractivity contribution in [2.24, 2.45) is 0 Å². The van der Waals surface area contributed by atoms with Gasteiger partial charge in [0.1, 0.15) is 5.76 Å². The van der Waals surface area contributed by atoms with E-state index in [1.54, 1.807) is 19.4 Å². The monoisotopic (exact) mass is 156 g/mol. The van der Waals surface area contributed by atoms with Gasteiger partial charge < -0.3 is 13.9 Å². The lowest BCUT2D eigenvalue weighted by atomic mass is 10.4. The molecule has 0 radical (unpaired) electrons. The highest BCUT2D eigenvalue weighted by Crippen LogP contribution is 2.19. The Bertz CT molecular complexity index is 217. The first-order chi connectivity index (χ1) is 5.24. The highest BCUT2D eigenvalue weighted by molar-refractivity contribution is 5.22. The van der Waals surface area contributed by atoms with Gasteiger partial charge in [-0.25, -0.2) is 0 Å². The molecule has 0 aliphatic carbocycles. The van der Waals surface area contributed by atoms with Crippen molar-refractivity contribution in [1.82, 2.24) is 0 Å². The molecule has 0 amide bonds. The fraction of sp³-hybridized carbons (Fsp3) is 0.500. The van der Waals surface area contributed by atoms with Crippen LogP contribution in [-0.2, 0) is 4.74 Å². The molecule has 0 N–H and O–H groups in total. The highest BCUT2D eigenvalue weighted by atomic mass is 16.7. The molecule has 0 bridgehead atoms. The molecule has 62 valence electrons. The van der Waals surface area contributed by atoms with E-state index in [0.29, 0.717) is 0 Å². The van der Waals surface area contributed by atoms with E-state index in [1.807, 2.05) is 13.8 Å². The van der Waals surface area contributed by atoms with Gasteiger partial charge in [0.05, 0.1) is 6.26 Å². The predicted molar refractivity (Wildman–Crippen MR) is 40.5 cm³/mol. The summed E-state index contributed by atoms with van der Waals surface area (Å²) < 4.78 is 15.3. The maximum Gasteiger partial charge on any atom is 0.196 e. The van der Waals surface area contributed by atoms with Crippen molar-refractivity contribution in [3.05, 3.63) is 18.1 Å². The topological polar surface area (TPSA) is 31.6 Å². The van der Waals surface area contributed by atoms with E-state index in [4.69, 9.17) is 13.9 Å². The van der Waals surface area contributed by atoms with Crippen LogP contribution < -0.4 is 4.74 Å². The SMILES string of the molecule is COC(C)Oc1ccoc1C. The van der Waals surface area contributed by atoms with Crippen molar-refractivity contribution < 1.29 is 13.9 Å². The third-order valence-electron chi connectivity index (χ3n) is 1.44. The molecule has 0 spiro atoms. The zero-order valence-electron chi connectivity index (χ0n) is 6.96. The van der Waals surface area contributed by atoms with Crippen molar-refractivity contribution >= 4 is 0 Å². The van der Waals surface area contributed by atoms with Gasteiger partial charge in [0, 0.05) is 13.2 Å². The fourth-order valence-electron chi connectivity index (χ4n) is 0.722. The van der Waals surface area contributed by atoms with Crippen LogP contribution in [0.3, 0.4) is 0 Å². The Labute approximate surface area is 65.9 Å². The van der Waals surface area contributed by atoms with Crippen LogP contribution in [0.5, 0.6) is 5.75 Å². The summed E-state index contributed by atoms with van der Waals surface area (Å²) in [6.07, 6.45) is 1.36. The summed E-state index contributed by atoms with van der Waals surface area (Å²) in [7, 11) is 1.60. The van der Waals surface area contributed by atoms with Crippen molar-refractivity contribution in [2.45, 2.75) is 20.1 Å². The molecule has 0 aliphatic heterocycles. The summed E-state index contributed by atoms with van der Waals surface area (Å²) in [6, 6.07) is 1.77. The minimum absolute atomic E-state index is 0.230. The van der Waals surface area contributed by atoms with Crippen LogP contribution in [0.2, 0.25) is 0 Å². The summed E-state index contributed by atoms with van der Waals surface area (Å²) in [5.74, 6) is 1.51. The number of hydrogen-bond donors (Lipinski definition) is 0. The lowest BCUT2D eigenvalue weighted by Crippen LogP contribution is -2.13. The average Bonchev–Trinajstić information content (AvgIpc) is 2.37. The number of ether oxygens (including phenoxy) is 2. The van der Waals surface area contributed by atoms with E-state index in [0.717, 1.165) is 11.5 Å². The molecule has 3 heteroatoms. The fourth-order valence-corrected chi connectivity index (χ4v) is 0.722. The number of aryl methyl sites for hydroxylation is 1. The Hall–Kier alpha value is -0.960. The smallest absolute Gasteiger partial charge is 0.196 e. The third kappa shape index (κ3) is 1.98. The van der Waals surface area contributed by atoms with Gasteiger partial charge >= 0.3 is 0 Å². The van der Waals surface area contributed by atoms with Crippen LogP contribution in [-0.4, -0.2) is 13.4 Å². The van der Waals surface area contributed by atoms with E-state index in [2.05, 4.69) is 0 Å². The largest absolute Gasteiger partial charge is 0.466 e. The average molecular weight is 156 g/mol. The maximum atomic E-state index is 5.32. The van der Waals surface area contributed by atoms with Gasteiger partial charge in [-0.05, 0) is 13.8 Å². The Balaban J connectivity index is 2.56. The van der Waals surface area contributed by atoms with Crippen molar-refractivity contribution in [2.75, 3.05) is 7.11 Å². The second-order valence-electron chi connectivity index (χ2n) is 2.26. The van der Waals surface area contributed by atoms with Crippen molar-refractivity contribution in [3.8, 4) is 5.75 Å². The third-order valence-corrected chi connectivity index (χ3v) is 1.44. The van der Waals surface area contributed by atoms with E-state index >= 15 is 0 Å². The Morgan fingerprint density at radius 1 is 1.55 bits per heavy atom.